The van der Waals surface area contributed by atoms with Gasteiger partial charge >= 0.3 is 0 Å². The van der Waals surface area contributed by atoms with Crippen LogP contribution in [0.2, 0.25) is 5.02 Å². The largest absolute Gasteiger partial charge is 0.356 e. The summed E-state index contributed by atoms with van der Waals surface area (Å²) in [5.74, 6) is 0.811. The number of hydrogen-bond donors (Lipinski definition) is 2. The fraction of sp³-hybridized carbons (Fsp3) is 0.444. The number of aliphatic imine (C=N–C) groups is 1. The van der Waals surface area contributed by atoms with Crippen molar-refractivity contribution in [1.82, 2.24) is 20.4 Å². The Morgan fingerprint density at radius 2 is 2.12 bits per heavy atom. The molecule has 0 saturated carbocycles. The van der Waals surface area contributed by atoms with Crippen LogP contribution >= 0.6 is 11.6 Å². The van der Waals surface area contributed by atoms with Crippen molar-refractivity contribution in [3.05, 3.63) is 53.3 Å². The van der Waals surface area contributed by atoms with Crippen molar-refractivity contribution in [2.45, 2.75) is 32.2 Å². The molecule has 0 unspecified atom stereocenters. The molecule has 1 aromatic carbocycles. The maximum atomic E-state index is 6.10. The van der Waals surface area contributed by atoms with Crippen LogP contribution in [0.15, 0.2) is 47.7 Å². The third kappa shape index (κ3) is 5.57. The van der Waals surface area contributed by atoms with Crippen LogP contribution in [-0.4, -0.2) is 35.9 Å². The predicted octanol–water partition coefficient (Wildman–Crippen LogP) is 3.07. The van der Waals surface area contributed by atoms with E-state index in [2.05, 4.69) is 40.6 Å². The highest BCUT2D eigenvalue weighted by Crippen LogP contribution is 2.24. The third-order valence-electron chi connectivity index (χ3n) is 3.94. The van der Waals surface area contributed by atoms with Gasteiger partial charge in [-0.25, -0.2) is 0 Å². The van der Waals surface area contributed by atoms with Crippen molar-refractivity contribution in [3.63, 3.8) is 0 Å². The Morgan fingerprint density at radius 1 is 1.29 bits per heavy atom. The first-order chi connectivity index (χ1) is 11.5. The lowest BCUT2D eigenvalue weighted by Gasteiger charge is -2.27. The van der Waals surface area contributed by atoms with Gasteiger partial charge in [0, 0.05) is 49.5 Å². The van der Waals surface area contributed by atoms with E-state index in [9.17, 15) is 0 Å². The molecule has 0 aliphatic carbocycles. The Kier molecular flexibility index (Phi) is 6.67. The van der Waals surface area contributed by atoms with Crippen LogP contribution in [0.4, 0.5) is 0 Å². The molecule has 0 fully saturated rings. The van der Waals surface area contributed by atoms with E-state index in [-0.39, 0.29) is 5.41 Å². The van der Waals surface area contributed by atoms with Crippen LogP contribution in [0.25, 0.3) is 0 Å². The summed E-state index contributed by atoms with van der Waals surface area (Å²) in [6.45, 7) is 6.89. The molecule has 2 rings (SSSR count). The number of aryl methyl sites for hydroxylation is 1. The zero-order valence-electron chi connectivity index (χ0n) is 14.6. The van der Waals surface area contributed by atoms with E-state index in [0.717, 1.165) is 37.0 Å². The summed E-state index contributed by atoms with van der Waals surface area (Å²) >= 11 is 6.10. The van der Waals surface area contributed by atoms with E-state index >= 15 is 0 Å². The SMILES string of the molecule is CN=C(NCCCn1cccn1)NCC(C)(C)c1cccc(Cl)c1. The van der Waals surface area contributed by atoms with Gasteiger partial charge in [0.15, 0.2) is 5.96 Å². The van der Waals surface area contributed by atoms with E-state index in [1.165, 1.54) is 5.56 Å². The maximum Gasteiger partial charge on any atom is 0.191 e. The summed E-state index contributed by atoms with van der Waals surface area (Å²) in [4.78, 5) is 4.28. The number of benzene rings is 1. The van der Waals surface area contributed by atoms with Crippen LogP contribution < -0.4 is 10.6 Å². The molecule has 1 heterocycles. The Morgan fingerprint density at radius 3 is 2.79 bits per heavy atom. The predicted molar refractivity (Wildman–Crippen MR) is 101 cm³/mol. The van der Waals surface area contributed by atoms with Crippen LogP contribution in [0.1, 0.15) is 25.8 Å². The number of halogens is 1. The smallest absolute Gasteiger partial charge is 0.191 e. The second-order valence-electron chi connectivity index (χ2n) is 6.37. The average Bonchev–Trinajstić information content (AvgIpc) is 3.07. The molecule has 0 bridgehead atoms. The highest BCUT2D eigenvalue weighted by atomic mass is 35.5. The van der Waals surface area contributed by atoms with E-state index < -0.39 is 0 Å². The molecule has 0 aliphatic heterocycles. The standard InChI is InChI=1S/C18H26ClN5/c1-18(2,15-7-4-8-16(19)13-15)14-22-17(20-3)21-9-5-11-24-12-6-10-23-24/h4,6-8,10,12-13H,5,9,11,14H2,1-3H3,(H2,20,21,22). The molecule has 0 amide bonds. The molecule has 24 heavy (non-hydrogen) atoms. The zero-order chi connectivity index (χ0) is 17.4. The summed E-state index contributed by atoms with van der Waals surface area (Å²) in [5.41, 5.74) is 1.16. The van der Waals surface area contributed by atoms with Gasteiger partial charge in [-0.1, -0.05) is 37.6 Å². The Labute approximate surface area is 149 Å². The second kappa shape index (κ2) is 8.73. The van der Waals surface area contributed by atoms with E-state index in [4.69, 9.17) is 11.6 Å². The highest BCUT2D eigenvalue weighted by Gasteiger charge is 2.21. The normalized spacial score (nSPS) is 12.2. The molecule has 2 aromatic rings. The van der Waals surface area contributed by atoms with Crippen LogP contribution in [-0.2, 0) is 12.0 Å². The average molecular weight is 348 g/mol. The number of guanidine groups is 1. The van der Waals surface area contributed by atoms with E-state index in [1.54, 1.807) is 13.2 Å². The Hall–Kier alpha value is -2.01. The second-order valence-corrected chi connectivity index (χ2v) is 6.81. The lowest BCUT2D eigenvalue weighted by molar-refractivity contribution is 0.506. The molecule has 0 atom stereocenters. The van der Waals surface area contributed by atoms with Gasteiger partial charge in [0.1, 0.15) is 0 Å². The van der Waals surface area contributed by atoms with Crippen molar-refractivity contribution in [3.8, 4) is 0 Å². The van der Waals surface area contributed by atoms with Crippen molar-refractivity contribution >= 4 is 17.6 Å². The van der Waals surface area contributed by atoms with Crippen LogP contribution in [0.5, 0.6) is 0 Å². The molecular formula is C18H26ClN5. The Balaban J connectivity index is 1.78. The number of aromatic nitrogens is 2. The maximum absolute atomic E-state index is 6.10. The van der Waals surface area contributed by atoms with Gasteiger partial charge in [-0.3, -0.25) is 9.67 Å². The van der Waals surface area contributed by atoms with Crippen molar-refractivity contribution < 1.29 is 0 Å². The molecule has 130 valence electrons. The first-order valence-corrected chi connectivity index (χ1v) is 8.57. The number of rotatable bonds is 7. The number of nitrogens with one attached hydrogen (secondary N) is 2. The van der Waals surface area contributed by atoms with Gasteiger partial charge in [-0.05, 0) is 30.2 Å². The van der Waals surface area contributed by atoms with Gasteiger partial charge in [0.25, 0.3) is 0 Å². The lowest BCUT2D eigenvalue weighted by atomic mass is 9.84. The van der Waals surface area contributed by atoms with Crippen molar-refractivity contribution in [1.29, 1.82) is 0 Å². The zero-order valence-corrected chi connectivity index (χ0v) is 15.3. The number of hydrogen-bond acceptors (Lipinski definition) is 2. The lowest BCUT2D eigenvalue weighted by Crippen LogP contribution is -2.43. The van der Waals surface area contributed by atoms with Gasteiger partial charge in [0.2, 0.25) is 0 Å². The summed E-state index contributed by atoms with van der Waals surface area (Å²) < 4.78 is 1.93. The van der Waals surface area contributed by atoms with Crippen LogP contribution in [0, 0.1) is 0 Å². The summed E-state index contributed by atoms with van der Waals surface area (Å²) in [7, 11) is 1.79. The topological polar surface area (TPSA) is 54.2 Å². The molecule has 0 aliphatic rings. The molecule has 1 aromatic heterocycles. The molecule has 0 spiro atoms. The van der Waals surface area contributed by atoms with Crippen molar-refractivity contribution in [2.75, 3.05) is 20.1 Å². The summed E-state index contributed by atoms with van der Waals surface area (Å²) in [5, 5.41) is 11.7. The minimum atomic E-state index is -0.0441. The summed E-state index contributed by atoms with van der Waals surface area (Å²) in [6, 6.07) is 9.94. The fourth-order valence-electron chi connectivity index (χ4n) is 2.42. The molecule has 5 nitrogen and oxygen atoms in total. The van der Waals surface area contributed by atoms with Gasteiger partial charge in [-0.2, -0.15) is 5.10 Å². The first-order valence-electron chi connectivity index (χ1n) is 8.19. The third-order valence-corrected chi connectivity index (χ3v) is 4.18. The molecule has 0 radical (unpaired) electrons. The van der Waals surface area contributed by atoms with Gasteiger partial charge < -0.3 is 10.6 Å². The molecular weight excluding hydrogens is 322 g/mol. The molecule has 0 saturated heterocycles. The monoisotopic (exact) mass is 347 g/mol. The Bertz CT molecular complexity index is 649. The minimum Gasteiger partial charge on any atom is -0.356 e. The van der Waals surface area contributed by atoms with Crippen molar-refractivity contribution in [2.24, 2.45) is 4.99 Å². The van der Waals surface area contributed by atoms with Crippen LogP contribution in [0.3, 0.4) is 0 Å². The first kappa shape index (κ1) is 18.3. The number of nitrogens with zero attached hydrogens (tertiary/aromatic N) is 3. The summed E-state index contributed by atoms with van der Waals surface area (Å²) in [6.07, 6.45) is 4.76. The highest BCUT2D eigenvalue weighted by molar-refractivity contribution is 6.30. The fourth-order valence-corrected chi connectivity index (χ4v) is 2.61. The van der Waals surface area contributed by atoms with Gasteiger partial charge in [0.05, 0.1) is 0 Å². The molecule has 6 heteroatoms. The minimum absolute atomic E-state index is 0.0441. The quantitative estimate of drug-likeness (QED) is 0.460. The van der Waals surface area contributed by atoms with E-state index in [0.29, 0.717) is 0 Å². The molecule has 2 N–H and O–H groups in total. The van der Waals surface area contributed by atoms with Gasteiger partial charge in [-0.15, -0.1) is 0 Å². The van der Waals surface area contributed by atoms with E-state index in [1.807, 2.05) is 35.1 Å².